The van der Waals surface area contributed by atoms with Crippen LogP contribution in [0.5, 0.6) is 5.75 Å². The smallest absolute Gasteiger partial charge is 0.414 e. The van der Waals surface area contributed by atoms with Crippen LogP contribution in [0.2, 0.25) is 0 Å². The Morgan fingerprint density at radius 1 is 0.931 bits per heavy atom. The summed E-state index contributed by atoms with van der Waals surface area (Å²) in [6.45, 7) is 9.73. The van der Waals surface area contributed by atoms with Crippen molar-refractivity contribution in [2.45, 2.75) is 20.4 Å². The van der Waals surface area contributed by atoms with E-state index in [-0.39, 0.29) is 0 Å². The van der Waals surface area contributed by atoms with E-state index in [1.807, 2.05) is 12.1 Å². The summed E-state index contributed by atoms with van der Waals surface area (Å²) < 4.78 is 5.47. The minimum atomic E-state index is -1.82. The molecule has 0 radical (unpaired) electrons. The maximum atomic E-state index is 9.10. The molecule has 156 valence electrons. The molecule has 1 aliphatic heterocycles. The fourth-order valence-electron chi connectivity index (χ4n) is 3.30. The zero-order valence-electron chi connectivity index (χ0n) is 17.1. The maximum Gasteiger partial charge on any atom is 0.414 e. The van der Waals surface area contributed by atoms with Gasteiger partial charge in [0.15, 0.2) is 0 Å². The summed E-state index contributed by atoms with van der Waals surface area (Å²) in [5.74, 6) is -2.66. The molecule has 0 saturated carbocycles. The van der Waals surface area contributed by atoms with Crippen LogP contribution in [0, 0.1) is 13.8 Å². The van der Waals surface area contributed by atoms with Crippen molar-refractivity contribution in [1.82, 2.24) is 4.90 Å². The molecule has 0 spiro atoms. The van der Waals surface area contributed by atoms with E-state index in [1.54, 1.807) is 7.11 Å². The molecule has 1 saturated heterocycles. The molecule has 1 aliphatic rings. The summed E-state index contributed by atoms with van der Waals surface area (Å²) in [6, 6.07) is 14.9. The molecule has 29 heavy (non-hydrogen) atoms. The number of carbonyl (C=O) groups is 2. The summed E-state index contributed by atoms with van der Waals surface area (Å²) >= 11 is 0. The van der Waals surface area contributed by atoms with Crippen LogP contribution in [0.1, 0.15) is 16.7 Å². The molecule has 1 fully saturated rings. The van der Waals surface area contributed by atoms with Gasteiger partial charge in [-0.3, -0.25) is 4.90 Å². The third-order valence-electron chi connectivity index (χ3n) is 5.06. The summed E-state index contributed by atoms with van der Waals surface area (Å²) in [7, 11) is 1.75. The van der Waals surface area contributed by atoms with Gasteiger partial charge in [-0.05, 0) is 37.1 Å². The Balaban J connectivity index is 0.000000438. The second-order valence-electron chi connectivity index (χ2n) is 6.90. The van der Waals surface area contributed by atoms with Gasteiger partial charge in [-0.25, -0.2) is 9.59 Å². The van der Waals surface area contributed by atoms with Gasteiger partial charge in [-0.15, -0.1) is 0 Å². The lowest BCUT2D eigenvalue weighted by Crippen LogP contribution is -2.46. The number of anilines is 1. The molecule has 0 unspecified atom stereocenters. The van der Waals surface area contributed by atoms with Crippen molar-refractivity contribution in [3.8, 4) is 5.75 Å². The first-order valence-electron chi connectivity index (χ1n) is 9.45. The molecule has 0 bridgehead atoms. The quantitative estimate of drug-likeness (QED) is 0.763. The lowest BCUT2D eigenvalue weighted by atomic mass is 10.1. The van der Waals surface area contributed by atoms with Gasteiger partial charge in [0.05, 0.1) is 7.11 Å². The van der Waals surface area contributed by atoms with E-state index in [9.17, 15) is 0 Å². The highest BCUT2D eigenvalue weighted by atomic mass is 16.5. The van der Waals surface area contributed by atoms with Crippen LogP contribution in [0.15, 0.2) is 42.5 Å². The van der Waals surface area contributed by atoms with Crippen LogP contribution in [-0.4, -0.2) is 60.3 Å². The fourth-order valence-corrected chi connectivity index (χ4v) is 3.30. The highest BCUT2D eigenvalue weighted by Crippen LogP contribution is 2.25. The standard InChI is InChI=1S/C20H26N2O.C2H2O4/c1-16-7-6-9-19(17(16)2)22-13-11-21(12-14-22)15-18-8-4-5-10-20(18)23-3;3-1(4)2(5)6/h4-10H,11-15H2,1-3H3;(H,3,4)(H,5,6). The normalized spacial score (nSPS) is 14.0. The number of aryl methyl sites for hydroxylation is 1. The third-order valence-corrected chi connectivity index (χ3v) is 5.06. The van der Waals surface area contributed by atoms with Crippen LogP contribution in [0.25, 0.3) is 0 Å². The number of carboxylic acids is 2. The van der Waals surface area contributed by atoms with E-state index in [4.69, 9.17) is 24.5 Å². The molecule has 2 aromatic rings. The second-order valence-corrected chi connectivity index (χ2v) is 6.90. The molecule has 3 rings (SSSR count). The Kier molecular flexibility index (Phi) is 8.03. The monoisotopic (exact) mass is 400 g/mol. The molecule has 0 aromatic heterocycles. The van der Waals surface area contributed by atoms with Crippen LogP contribution in [0.4, 0.5) is 5.69 Å². The van der Waals surface area contributed by atoms with E-state index in [1.165, 1.54) is 22.4 Å². The number of para-hydroxylation sites is 1. The van der Waals surface area contributed by atoms with E-state index in [2.05, 4.69) is 54.0 Å². The van der Waals surface area contributed by atoms with Gasteiger partial charge in [0.2, 0.25) is 0 Å². The van der Waals surface area contributed by atoms with E-state index < -0.39 is 11.9 Å². The van der Waals surface area contributed by atoms with Gasteiger partial charge in [0.1, 0.15) is 5.75 Å². The molecule has 7 heteroatoms. The minimum Gasteiger partial charge on any atom is -0.496 e. The van der Waals surface area contributed by atoms with Gasteiger partial charge >= 0.3 is 11.9 Å². The summed E-state index contributed by atoms with van der Waals surface area (Å²) in [4.78, 5) is 23.2. The SMILES string of the molecule is COc1ccccc1CN1CCN(c2cccc(C)c2C)CC1.O=C(O)C(=O)O. The van der Waals surface area contributed by atoms with Crippen molar-refractivity contribution in [2.75, 3.05) is 38.2 Å². The van der Waals surface area contributed by atoms with Crippen molar-refractivity contribution >= 4 is 17.6 Å². The Bertz CT molecular complexity index is 833. The number of carboxylic acid groups (broad SMARTS) is 2. The molecule has 7 nitrogen and oxygen atoms in total. The molecular formula is C22H28N2O5. The number of aliphatic carboxylic acids is 2. The van der Waals surface area contributed by atoms with Gasteiger partial charge in [-0.1, -0.05) is 30.3 Å². The van der Waals surface area contributed by atoms with Gasteiger partial charge < -0.3 is 19.8 Å². The highest BCUT2D eigenvalue weighted by Gasteiger charge is 2.19. The predicted octanol–water partition coefficient (Wildman–Crippen LogP) is 2.79. The van der Waals surface area contributed by atoms with Gasteiger partial charge in [0.25, 0.3) is 0 Å². The fraction of sp³-hybridized carbons (Fsp3) is 0.364. The molecule has 2 aromatic carbocycles. The van der Waals surface area contributed by atoms with Crippen LogP contribution in [0.3, 0.4) is 0 Å². The predicted molar refractivity (Wildman–Crippen MR) is 112 cm³/mol. The van der Waals surface area contributed by atoms with Crippen molar-refractivity contribution in [1.29, 1.82) is 0 Å². The van der Waals surface area contributed by atoms with E-state index in [0.29, 0.717) is 0 Å². The Morgan fingerprint density at radius 2 is 1.55 bits per heavy atom. The largest absolute Gasteiger partial charge is 0.496 e. The van der Waals surface area contributed by atoms with Crippen molar-refractivity contribution in [2.24, 2.45) is 0 Å². The Labute approximate surface area is 171 Å². The average Bonchev–Trinajstić information content (AvgIpc) is 2.71. The Hall–Kier alpha value is -3.06. The molecule has 2 N–H and O–H groups in total. The Morgan fingerprint density at radius 3 is 2.14 bits per heavy atom. The molecule has 1 heterocycles. The van der Waals surface area contributed by atoms with Crippen LogP contribution >= 0.6 is 0 Å². The zero-order chi connectivity index (χ0) is 21.4. The number of ether oxygens (including phenoxy) is 1. The lowest BCUT2D eigenvalue weighted by molar-refractivity contribution is -0.159. The van der Waals surface area contributed by atoms with E-state index >= 15 is 0 Å². The van der Waals surface area contributed by atoms with Gasteiger partial charge in [0, 0.05) is 44.0 Å². The molecule has 0 amide bonds. The van der Waals surface area contributed by atoms with Crippen molar-refractivity contribution < 1.29 is 24.5 Å². The topological polar surface area (TPSA) is 90.3 Å². The average molecular weight is 400 g/mol. The number of piperazine rings is 1. The van der Waals surface area contributed by atoms with Gasteiger partial charge in [-0.2, -0.15) is 0 Å². The molecular weight excluding hydrogens is 372 g/mol. The van der Waals surface area contributed by atoms with Crippen molar-refractivity contribution in [3.05, 3.63) is 59.2 Å². The number of benzene rings is 2. The first kappa shape index (κ1) is 22.2. The maximum absolute atomic E-state index is 9.10. The second kappa shape index (κ2) is 10.5. The lowest BCUT2D eigenvalue weighted by Gasteiger charge is -2.37. The first-order chi connectivity index (χ1) is 13.8. The number of hydrogen-bond acceptors (Lipinski definition) is 5. The number of hydrogen-bond donors (Lipinski definition) is 2. The zero-order valence-corrected chi connectivity index (χ0v) is 17.1. The molecule has 0 atom stereocenters. The van der Waals surface area contributed by atoms with Crippen LogP contribution < -0.4 is 9.64 Å². The molecule has 0 aliphatic carbocycles. The first-order valence-corrected chi connectivity index (χ1v) is 9.45. The van der Waals surface area contributed by atoms with Crippen molar-refractivity contribution in [3.63, 3.8) is 0 Å². The van der Waals surface area contributed by atoms with E-state index in [0.717, 1.165) is 38.5 Å². The number of methoxy groups -OCH3 is 1. The third kappa shape index (κ3) is 6.22. The van der Waals surface area contributed by atoms with Crippen LogP contribution in [-0.2, 0) is 16.1 Å². The summed E-state index contributed by atoms with van der Waals surface area (Å²) in [5, 5.41) is 14.8. The summed E-state index contributed by atoms with van der Waals surface area (Å²) in [6.07, 6.45) is 0. The minimum absolute atomic E-state index is 0.963. The highest BCUT2D eigenvalue weighted by molar-refractivity contribution is 6.27. The summed E-state index contributed by atoms with van der Waals surface area (Å²) in [5.41, 5.74) is 5.45. The number of rotatable bonds is 4. The number of nitrogens with zero attached hydrogens (tertiary/aromatic N) is 2.